The maximum Gasteiger partial charge on any atom is 0.0723 e. The number of H-pyrrole nitrogens is 1. The van der Waals surface area contributed by atoms with E-state index in [1.807, 2.05) is 18.2 Å². The summed E-state index contributed by atoms with van der Waals surface area (Å²) in [6, 6.07) is 8.82. The van der Waals surface area contributed by atoms with Crippen LogP contribution in [0.25, 0.3) is 10.9 Å². The lowest BCUT2D eigenvalue weighted by atomic mass is 10.2. The van der Waals surface area contributed by atoms with E-state index in [0.717, 1.165) is 23.0 Å². The summed E-state index contributed by atoms with van der Waals surface area (Å²) in [4.78, 5) is 0. The molecule has 3 nitrogen and oxygen atoms in total. The van der Waals surface area contributed by atoms with Crippen molar-refractivity contribution in [2.45, 2.75) is 6.42 Å². The molecule has 0 aliphatic rings. The second kappa shape index (κ2) is 3.58. The van der Waals surface area contributed by atoms with Gasteiger partial charge in [0.2, 0.25) is 0 Å². The Labute approximate surface area is 76.7 Å². The molecule has 13 heavy (non-hydrogen) atoms. The molecule has 0 fully saturated rings. The molecule has 0 bridgehead atoms. The predicted octanol–water partition coefficient (Wildman–Crippen LogP) is 1.55. The Bertz CT molecular complexity index is 394. The fourth-order valence-corrected chi connectivity index (χ4v) is 1.35. The third kappa shape index (κ3) is 1.55. The van der Waals surface area contributed by atoms with Crippen LogP contribution in [0, 0.1) is 6.07 Å². The quantitative estimate of drug-likeness (QED) is 0.768. The second-order valence-corrected chi connectivity index (χ2v) is 2.88. The predicted molar refractivity (Wildman–Crippen MR) is 50.5 cm³/mol. The van der Waals surface area contributed by atoms with E-state index in [2.05, 4.69) is 16.3 Å². The molecular formula is C10H11N2O. The van der Waals surface area contributed by atoms with Gasteiger partial charge in [-0.2, -0.15) is 5.10 Å². The normalized spacial score (nSPS) is 10.8. The summed E-state index contributed by atoms with van der Waals surface area (Å²) in [7, 11) is 1.70. The fourth-order valence-electron chi connectivity index (χ4n) is 1.35. The molecule has 0 aliphatic carbocycles. The van der Waals surface area contributed by atoms with Crippen LogP contribution in [0.4, 0.5) is 0 Å². The van der Waals surface area contributed by atoms with Crippen LogP contribution in [-0.2, 0) is 11.2 Å². The van der Waals surface area contributed by atoms with Gasteiger partial charge in [-0.1, -0.05) is 12.1 Å². The van der Waals surface area contributed by atoms with Gasteiger partial charge in [-0.3, -0.25) is 5.10 Å². The molecule has 0 unspecified atom stereocenters. The second-order valence-electron chi connectivity index (χ2n) is 2.88. The lowest BCUT2D eigenvalue weighted by Gasteiger charge is -1.95. The van der Waals surface area contributed by atoms with Gasteiger partial charge < -0.3 is 4.74 Å². The maximum atomic E-state index is 5.00. The number of aromatic nitrogens is 2. The number of aromatic amines is 1. The maximum absolute atomic E-state index is 5.00. The summed E-state index contributed by atoms with van der Waals surface area (Å²) in [5.41, 5.74) is 2.10. The molecule has 2 aromatic rings. The molecule has 0 aliphatic heterocycles. The van der Waals surface area contributed by atoms with Gasteiger partial charge in [0.1, 0.15) is 0 Å². The van der Waals surface area contributed by atoms with Crippen molar-refractivity contribution in [2.24, 2.45) is 0 Å². The highest BCUT2D eigenvalue weighted by atomic mass is 16.5. The van der Waals surface area contributed by atoms with Gasteiger partial charge in [0.25, 0.3) is 0 Å². The Morgan fingerprint density at radius 3 is 3.38 bits per heavy atom. The third-order valence-corrected chi connectivity index (χ3v) is 2.03. The molecule has 1 aromatic carbocycles. The van der Waals surface area contributed by atoms with Gasteiger partial charge in [-0.05, 0) is 12.1 Å². The molecule has 0 spiro atoms. The van der Waals surface area contributed by atoms with Crippen molar-refractivity contribution < 1.29 is 4.74 Å². The van der Waals surface area contributed by atoms with Gasteiger partial charge in [-0.15, -0.1) is 0 Å². The van der Waals surface area contributed by atoms with Crippen molar-refractivity contribution in [1.29, 1.82) is 0 Å². The topological polar surface area (TPSA) is 37.9 Å². The van der Waals surface area contributed by atoms with Gasteiger partial charge in [-0.25, -0.2) is 0 Å². The van der Waals surface area contributed by atoms with E-state index in [9.17, 15) is 0 Å². The average Bonchev–Trinajstić information content (AvgIpc) is 2.58. The minimum atomic E-state index is 0.707. The molecule has 2 rings (SSSR count). The van der Waals surface area contributed by atoms with Crippen LogP contribution in [0.1, 0.15) is 5.69 Å². The summed E-state index contributed by atoms with van der Waals surface area (Å²) >= 11 is 0. The Kier molecular flexibility index (Phi) is 2.27. The minimum Gasteiger partial charge on any atom is -0.384 e. The first kappa shape index (κ1) is 8.26. The lowest BCUT2D eigenvalue weighted by molar-refractivity contribution is 0.201. The summed E-state index contributed by atoms with van der Waals surface area (Å²) in [6.45, 7) is 0.707. The molecule has 1 aromatic heterocycles. The molecule has 1 radical (unpaired) electrons. The number of nitrogens with zero attached hydrogens (tertiary/aromatic N) is 1. The number of methoxy groups -OCH3 is 1. The zero-order chi connectivity index (χ0) is 9.10. The van der Waals surface area contributed by atoms with Crippen molar-refractivity contribution in [1.82, 2.24) is 10.2 Å². The van der Waals surface area contributed by atoms with E-state index in [4.69, 9.17) is 4.74 Å². The lowest BCUT2D eigenvalue weighted by Crippen LogP contribution is -1.94. The van der Waals surface area contributed by atoms with E-state index >= 15 is 0 Å². The van der Waals surface area contributed by atoms with Crippen molar-refractivity contribution >= 4 is 10.9 Å². The third-order valence-electron chi connectivity index (χ3n) is 2.03. The van der Waals surface area contributed by atoms with Crippen LogP contribution >= 0.6 is 0 Å². The van der Waals surface area contributed by atoms with Crippen molar-refractivity contribution in [2.75, 3.05) is 13.7 Å². The Balaban J connectivity index is 2.35. The Morgan fingerprint density at radius 2 is 2.54 bits per heavy atom. The number of nitrogens with one attached hydrogen (secondary N) is 1. The van der Waals surface area contributed by atoms with Crippen LogP contribution in [0.2, 0.25) is 0 Å². The van der Waals surface area contributed by atoms with Gasteiger partial charge in [0.15, 0.2) is 0 Å². The average molecular weight is 175 g/mol. The molecule has 1 heterocycles. The minimum absolute atomic E-state index is 0.707. The number of benzene rings is 1. The van der Waals surface area contributed by atoms with Crippen molar-refractivity contribution in [3.8, 4) is 0 Å². The van der Waals surface area contributed by atoms with Crippen LogP contribution in [0.5, 0.6) is 0 Å². The van der Waals surface area contributed by atoms with Crippen LogP contribution in [-0.4, -0.2) is 23.9 Å². The first-order valence-corrected chi connectivity index (χ1v) is 4.24. The number of hydrogen-bond donors (Lipinski definition) is 1. The monoisotopic (exact) mass is 175 g/mol. The van der Waals surface area contributed by atoms with E-state index < -0.39 is 0 Å². The first-order chi connectivity index (χ1) is 6.42. The van der Waals surface area contributed by atoms with Crippen LogP contribution in [0.3, 0.4) is 0 Å². The molecule has 0 saturated carbocycles. The van der Waals surface area contributed by atoms with E-state index in [-0.39, 0.29) is 0 Å². The molecule has 67 valence electrons. The van der Waals surface area contributed by atoms with Crippen molar-refractivity contribution in [3.05, 3.63) is 30.0 Å². The first-order valence-electron chi connectivity index (χ1n) is 4.24. The summed E-state index contributed by atoms with van der Waals surface area (Å²) in [6.07, 6.45) is 0.848. The highest BCUT2D eigenvalue weighted by molar-refractivity contribution is 5.80. The highest BCUT2D eigenvalue weighted by Crippen LogP contribution is 2.14. The largest absolute Gasteiger partial charge is 0.384 e. The smallest absolute Gasteiger partial charge is 0.0723 e. The number of hydrogen-bond acceptors (Lipinski definition) is 2. The molecule has 0 amide bonds. The highest BCUT2D eigenvalue weighted by Gasteiger charge is 2.03. The number of fused-ring (bicyclic) bond motifs is 1. The molecule has 1 N–H and O–H groups in total. The van der Waals surface area contributed by atoms with E-state index in [1.165, 1.54) is 0 Å². The van der Waals surface area contributed by atoms with Crippen molar-refractivity contribution in [3.63, 3.8) is 0 Å². The number of ether oxygens (including phenoxy) is 1. The summed E-state index contributed by atoms with van der Waals surface area (Å²) in [5, 5.41) is 8.33. The molecule has 0 atom stereocenters. The molecule has 3 heteroatoms. The standard InChI is InChI=1S/C10H11N2O/c1-13-7-6-10-8-4-2-3-5-9(8)11-12-10/h2,4-5H,6-7H2,1H3,(H,11,12). The summed E-state index contributed by atoms with van der Waals surface area (Å²) < 4.78 is 5.00. The van der Waals surface area contributed by atoms with E-state index in [1.54, 1.807) is 7.11 Å². The zero-order valence-electron chi connectivity index (χ0n) is 7.50. The fraction of sp³-hybridized carbons (Fsp3) is 0.300. The van der Waals surface area contributed by atoms with E-state index in [0.29, 0.717) is 6.61 Å². The SMILES string of the molecule is COCCc1n[nH]c2c[c]ccc12. The number of rotatable bonds is 3. The van der Waals surface area contributed by atoms with Crippen LogP contribution < -0.4 is 0 Å². The molecular weight excluding hydrogens is 164 g/mol. The summed E-state index contributed by atoms with van der Waals surface area (Å²) in [5.74, 6) is 0. The Hall–Kier alpha value is -1.35. The van der Waals surface area contributed by atoms with Gasteiger partial charge in [0.05, 0.1) is 17.8 Å². The zero-order valence-corrected chi connectivity index (χ0v) is 7.50. The van der Waals surface area contributed by atoms with Crippen LogP contribution in [0.15, 0.2) is 18.2 Å². The Morgan fingerprint density at radius 1 is 1.62 bits per heavy atom. The van der Waals surface area contributed by atoms with Gasteiger partial charge >= 0.3 is 0 Å². The molecule has 0 saturated heterocycles. The van der Waals surface area contributed by atoms with Gasteiger partial charge in [0, 0.05) is 18.9 Å².